The van der Waals surface area contributed by atoms with Crippen molar-refractivity contribution in [2.75, 3.05) is 11.5 Å². The molecular formula is C11H9ClFNO2S. The predicted molar refractivity (Wildman–Crippen MR) is 62.8 cm³/mol. The van der Waals surface area contributed by atoms with Crippen LogP contribution in [-0.2, 0) is 9.84 Å². The summed E-state index contributed by atoms with van der Waals surface area (Å²) < 4.78 is 35.7. The third kappa shape index (κ3) is 3.18. The number of nitrogens with zero attached hydrogens (tertiary/aromatic N) is 1. The maximum absolute atomic E-state index is 13.3. The van der Waals surface area contributed by atoms with Crippen molar-refractivity contribution >= 4 is 21.4 Å². The smallest absolute Gasteiger partial charge is 0.151 e. The molecule has 90 valence electrons. The molecule has 17 heavy (non-hydrogen) atoms. The third-order valence-corrected chi connectivity index (χ3v) is 4.44. The van der Waals surface area contributed by atoms with Crippen LogP contribution in [0, 0.1) is 23.6 Å². The van der Waals surface area contributed by atoms with E-state index in [0.717, 1.165) is 6.07 Å². The van der Waals surface area contributed by atoms with Crippen LogP contribution in [0.2, 0.25) is 5.15 Å². The Morgan fingerprint density at radius 3 is 2.88 bits per heavy atom. The molecule has 0 amide bonds. The van der Waals surface area contributed by atoms with E-state index in [-0.39, 0.29) is 28.1 Å². The summed E-state index contributed by atoms with van der Waals surface area (Å²) in [5.74, 6) is 4.83. The second kappa shape index (κ2) is 4.63. The van der Waals surface area contributed by atoms with Gasteiger partial charge in [-0.1, -0.05) is 23.4 Å². The largest absolute Gasteiger partial charge is 0.243 e. The maximum atomic E-state index is 13.3. The predicted octanol–water partition coefficient (Wildman–Crippen LogP) is 1.66. The van der Waals surface area contributed by atoms with Crippen molar-refractivity contribution in [2.24, 2.45) is 5.92 Å². The van der Waals surface area contributed by atoms with Crippen LogP contribution in [0.3, 0.4) is 0 Å². The first-order valence-corrected chi connectivity index (χ1v) is 7.19. The van der Waals surface area contributed by atoms with Crippen molar-refractivity contribution < 1.29 is 12.8 Å². The minimum Gasteiger partial charge on any atom is -0.243 e. The summed E-state index contributed by atoms with van der Waals surface area (Å²) in [6, 6.07) is 1.08. The molecule has 1 aromatic rings. The number of aromatic nitrogens is 1. The zero-order valence-electron chi connectivity index (χ0n) is 8.78. The third-order valence-electron chi connectivity index (χ3n) is 2.46. The lowest BCUT2D eigenvalue weighted by molar-refractivity contribution is 0.601. The Morgan fingerprint density at radius 2 is 2.29 bits per heavy atom. The van der Waals surface area contributed by atoms with Crippen LogP contribution in [0.5, 0.6) is 0 Å². The van der Waals surface area contributed by atoms with Crippen molar-refractivity contribution in [2.45, 2.75) is 6.42 Å². The standard InChI is InChI=1S/C11H9ClFNO2S/c12-11-5-10(13)9(6-14-11)2-1-8-3-4-17(15,16)7-8/h5-6,8H,3-4,7H2. The fourth-order valence-corrected chi connectivity index (χ4v) is 3.41. The summed E-state index contributed by atoms with van der Waals surface area (Å²) in [6.07, 6.45) is 1.76. The van der Waals surface area contributed by atoms with Crippen LogP contribution >= 0.6 is 11.6 Å². The van der Waals surface area contributed by atoms with Gasteiger partial charge < -0.3 is 0 Å². The molecule has 1 aromatic heterocycles. The molecule has 1 fully saturated rings. The van der Waals surface area contributed by atoms with Crippen molar-refractivity contribution in [3.05, 3.63) is 28.8 Å². The number of rotatable bonds is 0. The minimum atomic E-state index is -2.95. The quantitative estimate of drug-likeness (QED) is 0.533. The monoisotopic (exact) mass is 273 g/mol. The van der Waals surface area contributed by atoms with Crippen molar-refractivity contribution in [3.8, 4) is 11.8 Å². The average molecular weight is 274 g/mol. The Kier molecular flexibility index (Phi) is 3.36. The molecule has 0 radical (unpaired) electrons. The first-order valence-electron chi connectivity index (χ1n) is 4.99. The van der Waals surface area contributed by atoms with Gasteiger partial charge in [0.15, 0.2) is 9.84 Å². The highest BCUT2D eigenvalue weighted by atomic mass is 35.5. The summed E-state index contributed by atoms with van der Waals surface area (Å²) in [4.78, 5) is 3.72. The second-order valence-electron chi connectivity index (χ2n) is 3.86. The molecule has 3 nitrogen and oxygen atoms in total. The van der Waals surface area contributed by atoms with Gasteiger partial charge in [0, 0.05) is 18.2 Å². The number of hydrogen-bond acceptors (Lipinski definition) is 3. The lowest BCUT2D eigenvalue weighted by Gasteiger charge is -1.96. The normalized spacial score (nSPS) is 21.9. The van der Waals surface area contributed by atoms with Gasteiger partial charge in [0.2, 0.25) is 0 Å². The van der Waals surface area contributed by atoms with E-state index in [0.29, 0.717) is 6.42 Å². The Labute approximate surface area is 104 Å². The van der Waals surface area contributed by atoms with Crippen molar-refractivity contribution in [3.63, 3.8) is 0 Å². The van der Waals surface area contributed by atoms with Crippen LogP contribution in [-0.4, -0.2) is 24.9 Å². The van der Waals surface area contributed by atoms with Gasteiger partial charge in [-0.3, -0.25) is 0 Å². The highest BCUT2D eigenvalue weighted by molar-refractivity contribution is 7.91. The van der Waals surface area contributed by atoms with Crippen LogP contribution in [0.15, 0.2) is 12.3 Å². The highest BCUT2D eigenvalue weighted by Crippen LogP contribution is 2.18. The van der Waals surface area contributed by atoms with E-state index in [1.807, 2.05) is 0 Å². The van der Waals surface area contributed by atoms with E-state index in [4.69, 9.17) is 11.6 Å². The minimum absolute atomic E-state index is 0.0582. The number of halogens is 2. The fraction of sp³-hybridized carbons (Fsp3) is 0.364. The molecule has 0 aliphatic carbocycles. The van der Waals surface area contributed by atoms with Gasteiger partial charge in [0.25, 0.3) is 0 Å². The van der Waals surface area contributed by atoms with Gasteiger partial charge in [-0.15, -0.1) is 0 Å². The van der Waals surface area contributed by atoms with E-state index in [2.05, 4.69) is 16.8 Å². The van der Waals surface area contributed by atoms with E-state index >= 15 is 0 Å². The molecule has 1 saturated heterocycles. The lowest BCUT2D eigenvalue weighted by atomic mass is 10.1. The topological polar surface area (TPSA) is 47.0 Å². The molecular weight excluding hydrogens is 265 g/mol. The molecule has 6 heteroatoms. The van der Waals surface area contributed by atoms with Crippen LogP contribution in [0.4, 0.5) is 4.39 Å². The maximum Gasteiger partial charge on any atom is 0.151 e. The Balaban J connectivity index is 2.17. The SMILES string of the molecule is O=S1(=O)CCC(C#Cc2cnc(Cl)cc2F)C1. The van der Waals surface area contributed by atoms with E-state index in [1.54, 1.807) is 0 Å². The summed E-state index contributed by atoms with van der Waals surface area (Å²) in [5, 5.41) is 0.0662. The lowest BCUT2D eigenvalue weighted by Crippen LogP contribution is -2.03. The average Bonchev–Trinajstić information content (AvgIpc) is 2.57. The summed E-state index contributed by atoms with van der Waals surface area (Å²) in [6.45, 7) is 0. The first-order chi connectivity index (χ1) is 7.96. The molecule has 2 rings (SSSR count). The zero-order valence-corrected chi connectivity index (χ0v) is 10.4. The molecule has 1 unspecified atom stereocenters. The fourth-order valence-electron chi connectivity index (χ4n) is 1.59. The Hall–Kier alpha value is -1.12. The molecule has 0 bridgehead atoms. The molecule has 0 saturated carbocycles. The zero-order chi connectivity index (χ0) is 12.5. The van der Waals surface area contributed by atoms with Crippen molar-refractivity contribution in [1.82, 2.24) is 4.98 Å². The van der Waals surface area contributed by atoms with E-state index < -0.39 is 15.7 Å². The van der Waals surface area contributed by atoms with Crippen LogP contribution < -0.4 is 0 Å². The number of pyridine rings is 1. The van der Waals surface area contributed by atoms with Gasteiger partial charge in [-0.05, 0) is 6.42 Å². The van der Waals surface area contributed by atoms with Gasteiger partial charge in [0.1, 0.15) is 11.0 Å². The van der Waals surface area contributed by atoms with Crippen LogP contribution in [0.1, 0.15) is 12.0 Å². The molecule has 0 N–H and O–H groups in total. The summed E-state index contributed by atoms with van der Waals surface area (Å²) in [7, 11) is -2.95. The number of sulfone groups is 1. The van der Waals surface area contributed by atoms with Gasteiger partial charge in [-0.2, -0.15) is 0 Å². The van der Waals surface area contributed by atoms with Gasteiger partial charge >= 0.3 is 0 Å². The Morgan fingerprint density at radius 1 is 1.53 bits per heavy atom. The van der Waals surface area contributed by atoms with Crippen molar-refractivity contribution in [1.29, 1.82) is 0 Å². The first kappa shape index (κ1) is 12.3. The molecule has 1 aliphatic heterocycles. The van der Waals surface area contributed by atoms with Crippen LogP contribution in [0.25, 0.3) is 0 Å². The molecule has 2 heterocycles. The second-order valence-corrected chi connectivity index (χ2v) is 6.47. The number of hydrogen-bond donors (Lipinski definition) is 0. The molecule has 1 aliphatic rings. The summed E-state index contributed by atoms with van der Waals surface area (Å²) >= 11 is 5.50. The highest BCUT2D eigenvalue weighted by Gasteiger charge is 2.26. The van der Waals surface area contributed by atoms with Gasteiger partial charge in [-0.25, -0.2) is 17.8 Å². The summed E-state index contributed by atoms with van der Waals surface area (Å²) in [5.41, 5.74) is 0.138. The van der Waals surface area contributed by atoms with E-state index in [9.17, 15) is 12.8 Å². The van der Waals surface area contributed by atoms with E-state index in [1.165, 1.54) is 6.20 Å². The molecule has 0 aromatic carbocycles. The van der Waals surface area contributed by atoms with Gasteiger partial charge in [0.05, 0.1) is 17.1 Å². The Bertz CT molecular complexity index is 604. The molecule has 0 spiro atoms. The molecule has 1 atom stereocenters.